The molecule has 3 nitrogen and oxygen atoms in total. The number of nitrogens with zero attached hydrogens (tertiary/aromatic N) is 2. The van der Waals surface area contributed by atoms with E-state index >= 15 is 0 Å². The molecule has 0 aliphatic heterocycles. The van der Waals surface area contributed by atoms with Gasteiger partial charge in [0, 0.05) is 24.2 Å². The topological polar surface area (TPSA) is 34.9 Å². The Hall–Kier alpha value is -1.71. The van der Waals surface area contributed by atoms with Crippen molar-refractivity contribution in [3.63, 3.8) is 0 Å². The van der Waals surface area contributed by atoms with E-state index < -0.39 is 5.82 Å². The summed E-state index contributed by atoms with van der Waals surface area (Å²) in [5.74, 6) is -0.414. The average Bonchev–Trinajstić information content (AvgIpc) is 2.43. The minimum absolute atomic E-state index is 0.288. The first-order valence-electron chi connectivity index (χ1n) is 3.79. The third-order valence-electron chi connectivity index (χ3n) is 1.84. The zero-order chi connectivity index (χ0) is 9.42. The van der Waals surface area contributed by atoms with Crippen molar-refractivity contribution in [2.45, 2.75) is 0 Å². The number of rotatable bonds is 1. The summed E-state index contributed by atoms with van der Waals surface area (Å²) in [6.45, 7) is 0. The molecule has 0 spiro atoms. The molecule has 0 bridgehead atoms. The number of hydrogen-bond acceptors (Lipinski definition) is 2. The molecule has 66 valence electrons. The molecule has 0 aliphatic rings. The summed E-state index contributed by atoms with van der Waals surface area (Å²) in [6, 6.07) is 2.54. The zero-order valence-electron chi connectivity index (χ0n) is 6.99. The fraction of sp³-hybridized carbons (Fsp3) is 0.111. The number of carbonyl (C=O) groups excluding carboxylic acids is 1. The predicted molar refractivity (Wildman–Crippen MR) is 46.1 cm³/mol. The van der Waals surface area contributed by atoms with E-state index in [-0.39, 0.29) is 5.56 Å². The maximum Gasteiger partial charge on any atom is 0.152 e. The fourth-order valence-corrected chi connectivity index (χ4v) is 1.33. The standard InChI is InChI=1S/C9H7FN2O/c1-12-4-6-2-8(10)3-7(5-13)9(6)11-12/h2-5H,1H3. The molecule has 13 heavy (non-hydrogen) atoms. The Kier molecular flexibility index (Phi) is 1.62. The van der Waals surface area contributed by atoms with Gasteiger partial charge in [-0.1, -0.05) is 0 Å². The molecule has 0 saturated carbocycles. The molecule has 0 radical (unpaired) electrons. The number of aromatic nitrogens is 2. The lowest BCUT2D eigenvalue weighted by molar-refractivity contribution is 0.112. The smallest absolute Gasteiger partial charge is 0.152 e. The summed E-state index contributed by atoms with van der Waals surface area (Å²) in [5, 5.41) is 4.69. The number of fused-ring (bicyclic) bond motifs is 1. The molecule has 0 N–H and O–H groups in total. The van der Waals surface area contributed by atoms with Crippen molar-refractivity contribution >= 4 is 17.2 Å². The summed E-state index contributed by atoms with van der Waals surface area (Å²) in [5.41, 5.74) is 0.828. The maximum atomic E-state index is 12.9. The highest BCUT2D eigenvalue weighted by atomic mass is 19.1. The Bertz CT molecular complexity index is 476. The van der Waals surface area contributed by atoms with Crippen LogP contribution in [0.2, 0.25) is 0 Å². The van der Waals surface area contributed by atoms with Crippen molar-refractivity contribution in [3.05, 3.63) is 29.7 Å². The highest BCUT2D eigenvalue weighted by Gasteiger charge is 2.06. The number of hydrogen-bond donors (Lipinski definition) is 0. The second kappa shape index (κ2) is 2.65. The molecule has 1 aromatic carbocycles. The normalized spacial score (nSPS) is 10.6. The van der Waals surface area contributed by atoms with E-state index in [9.17, 15) is 9.18 Å². The van der Waals surface area contributed by atoms with Crippen LogP contribution in [0.15, 0.2) is 18.3 Å². The lowest BCUT2D eigenvalue weighted by Gasteiger charge is -1.92. The first-order chi connectivity index (χ1) is 6.20. The van der Waals surface area contributed by atoms with Crippen molar-refractivity contribution < 1.29 is 9.18 Å². The van der Waals surface area contributed by atoms with Gasteiger partial charge in [0.15, 0.2) is 6.29 Å². The Morgan fingerprint density at radius 1 is 1.54 bits per heavy atom. The summed E-state index contributed by atoms with van der Waals surface area (Å²) >= 11 is 0. The molecule has 4 heteroatoms. The number of aldehydes is 1. The fourth-order valence-electron chi connectivity index (χ4n) is 1.33. The minimum atomic E-state index is -0.414. The summed E-state index contributed by atoms with van der Waals surface area (Å²) in [6.07, 6.45) is 2.28. The number of benzene rings is 1. The van der Waals surface area contributed by atoms with Gasteiger partial charge in [0.1, 0.15) is 11.3 Å². The van der Waals surface area contributed by atoms with Crippen LogP contribution in [0, 0.1) is 5.82 Å². The van der Waals surface area contributed by atoms with Crippen LogP contribution in [-0.4, -0.2) is 16.1 Å². The van der Waals surface area contributed by atoms with Crippen LogP contribution >= 0.6 is 0 Å². The second-order valence-corrected chi connectivity index (χ2v) is 2.85. The Morgan fingerprint density at radius 2 is 2.31 bits per heavy atom. The molecule has 0 unspecified atom stereocenters. The van der Waals surface area contributed by atoms with Crippen molar-refractivity contribution in [1.82, 2.24) is 9.78 Å². The van der Waals surface area contributed by atoms with Gasteiger partial charge in [-0.2, -0.15) is 5.10 Å². The van der Waals surface area contributed by atoms with Crippen molar-refractivity contribution in [2.24, 2.45) is 7.05 Å². The van der Waals surface area contributed by atoms with Gasteiger partial charge in [0.05, 0.1) is 0 Å². The van der Waals surface area contributed by atoms with Gasteiger partial charge >= 0.3 is 0 Å². The lowest BCUT2D eigenvalue weighted by atomic mass is 10.1. The maximum absolute atomic E-state index is 12.9. The quantitative estimate of drug-likeness (QED) is 0.620. The van der Waals surface area contributed by atoms with Gasteiger partial charge in [-0.25, -0.2) is 4.39 Å². The number of halogens is 1. The molecule has 1 heterocycles. The van der Waals surface area contributed by atoms with Crippen molar-refractivity contribution in [3.8, 4) is 0 Å². The zero-order valence-corrected chi connectivity index (χ0v) is 6.99. The molecule has 2 rings (SSSR count). The van der Waals surface area contributed by atoms with Crippen LogP contribution in [0.4, 0.5) is 4.39 Å². The van der Waals surface area contributed by atoms with Crippen LogP contribution in [-0.2, 0) is 7.05 Å². The third kappa shape index (κ3) is 1.20. The minimum Gasteiger partial charge on any atom is -0.298 e. The van der Waals surface area contributed by atoms with Gasteiger partial charge < -0.3 is 0 Å². The van der Waals surface area contributed by atoms with E-state index in [0.29, 0.717) is 17.2 Å². The van der Waals surface area contributed by atoms with Crippen LogP contribution in [0.5, 0.6) is 0 Å². The number of carbonyl (C=O) groups is 1. The molecule has 0 saturated heterocycles. The van der Waals surface area contributed by atoms with E-state index in [1.807, 2.05) is 0 Å². The van der Waals surface area contributed by atoms with Gasteiger partial charge in [0.25, 0.3) is 0 Å². The average molecular weight is 178 g/mol. The van der Waals surface area contributed by atoms with E-state index in [2.05, 4.69) is 5.10 Å². The Balaban J connectivity index is 2.88. The third-order valence-corrected chi connectivity index (χ3v) is 1.84. The summed E-state index contributed by atoms with van der Waals surface area (Å²) in [7, 11) is 1.73. The van der Waals surface area contributed by atoms with Gasteiger partial charge in [0.2, 0.25) is 0 Å². The molecule has 2 aromatic rings. The molecular formula is C9H7FN2O. The Morgan fingerprint density at radius 3 is 3.00 bits per heavy atom. The number of aryl methyl sites for hydroxylation is 1. The van der Waals surface area contributed by atoms with Crippen molar-refractivity contribution in [1.29, 1.82) is 0 Å². The van der Waals surface area contributed by atoms with E-state index in [1.165, 1.54) is 12.1 Å². The van der Waals surface area contributed by atoms with E-state index in [0.717, 1.165) is 0 Å². The van der Waals surface area contributed by atoms with Gasteiger partial charge in [-0.15, -0.1) is 0 Å². The van der Waals surface area contributed by atoms with Crippen LogP contribution in [0.3, 0.4) is 0 Å². The van der Waals surface area contributed by atoms with E-state index in [1.54, 1.807) is 17.9 Å². The monoisotopic (exact) mass is 178 g/mol. The SMILES string of the molecule is Cn1cc2cc(F)cc(C=O)c2n1. The second-order valence-electron chi connectivity index (χ2n) is 2.85. The lowest BCUT2D eigenvalue weighted by Crippen LogP contribution is -1.88. The predicted octanol–water partition coefficient (Wildman–Crippen LogP) is 1.52. The molecule has 0 amide bonds. The molecule has 0 aliphatic carbocycles. The molecular weight excluding hydrogens is 171 g/mol. The first kappa shape index (κ1) is 7.91. The molecule has 0 atom stereocenters. The highest BCUT2D eigenvalue weighted by molar-refractivity contribution is 5.95. The molecule has 1 aromatic heterocycles. The first-order valence-corrected chi connectivity index (χ1v) is 3.79. The molecule has 0 fully saturated rings. The van der Waals surface area contributed by atoms with Gasteiger partial charge in [-0.05, 0) is 12.1 Å². The van der Waals surface area contributed by atoms with Crippen molar-refractivity contribution in [2.75, 3.05) is 0 Å². The van der Waals surface area contributed by atoms with E-state index in [4.69, 9.17) is 0 Å². The summed E-state index contributed by atoms with van der Waals surface area (Å²) < 4.78 is 14.5. The Labute approximate surface area is 73.8 Å². The largest absolute Gasteiger partial charge is 0.298 e. The van der Waals surface area contributed by atoms with Crippen LogP contribution in [0.1, 0.15) is 10.4 Å². The highest BCUT2D eigenvalue weighted by Crippen LogP contribution is 2.17. The summed E-state index contributed by atoms with van der Waals surface area (Å²) in [4.78, 5) is 10.6. The van der Waals surface area contributed by atoms with Crippen LogP contribution in [0.25, 0.3) is 10.9 Å². The van der Waals surface area contributed by atoms with Crippen LogP contribution < -0.4 is 0 Å². The van der Waals surface area contributed by atoms with Gasteiger partial charge in [-0.3, -0.25) is 9.48 Å².